The molecule has 2 aromatic rings. The highest BCUT2D eigenvalue weighted by Crippen LogP contribution is 2.30. The molecule has 1 aromatic heterocycles. The number of nitrogens with zero attached hydrogens (tertiary/aromatic N) is 1. The van der Waals surface area contributed by atoms with Gasteiger partial charge in [0.15, 0.2) is 0 Å². The summed E-state index contributed by atoms with van der Waals surface area (Å²) in [5, 5.41) is 3.71. The summed E-state index contributed by atoms with van der Waals surface area (Å²) >= 11 is 0. The minimum absolute atomic E-state index is 0.414. The minimum atomic E-state index is -0.414. The van der Waals surface area contributed by atoms with Crippen molar-refractivity contribution in [2.24, 2.45) is 17.6 Å². The van der Waals surface area contributed by atoms with E-state index in [1.54, 1.807) is 6.07 Å². The second kappa shape index (κ2) is 8.66. The van der Waals surface area contributed by atoms with E-state index in [0.717, 1.165) is 35.2 Å². The van der Waals surface area contributed by atoms with Crippen LogP contribution in [0.4, 0.5) is 0 Å². The lowest BCUT2D eigenvalue weighted by Crippen LogP contribution is -2.33. The molecule has 0 spiro atoms. The van der Waals surface area contributed by atoms with Crippen molar-refractivity contribution in [2.75, 3.05) is 0 Å². The molecule has 1 heterocycles. The Labute approximate surface area is 162 Å². The first-order valence-electron chi connectivity index (χ1n) is 10.0. The SMILES string of the molecule is Cc1cc(CNC2CCC(C(C)C)CC2)cnc1-c1cccc(C(N)=O)c1. The van der Waals surface area contributed by atoms with Gasteiger partial charge in [0.25, 0.3) is 0 Å². The zero-order chi connectivity index (χ0) is 19.4. The third kappa shape index (κ3) is 4.95. The molecule has 3 N–H and O–H groups in total. The molecule has 0 bridgehead atoms. The molecule has 0 radical (unpaired) electrons. The summed E-state index contributed by atoms with van der Waals surface area (Å²) in [6.45, 7) is 7.60. The van der Waals surface area contributed by atoms with Gasteiger partial charge in [-0.3, -0.25) is 9.78 Å². The Bertz CT molecular complexity index is 792. The maximum absolute atomic E-state index is 11.4. The number of carbonyl (C=O) groups excluding carboxylic acids is 1. The van der Waals surface area contributed by atoms with Crippen molar-refractivity contribution in [3.63, 3.8) is 0 Å². The van der Waals surface area contributed by atoms with E-state index in [2.05, 4.69) is 37.1 Å². The van der Waals surface area contributed by atoms with Crippen molar-refractivity contribution in [3.8, 4) is 11.3 Å². The fourth-order valence-electron chi connectivity index (χ4n) is 4.10. The molecule has 4 nitrogen and oxygen atoms in total. The Morgan fingerprint density at radius 1 is 1.22 bits per heavy atom. The van der Waals surface area contributed by atoms with E-state index in [4.69, 9.17) is 5.73 Å². The highest BCUT2D eigenvalue weighted by molar-refractivity contribution is 5.94. The van der Waals surface area contributed by atoms with Crippen molar-refractivity contribution >= 4 is 5.91 Å². The van der Waals surface area contributed by atoms with Gasteiger partial charge in [0.05, 0.1) is 5.69 Å². The number of hydrogen-bond donors (Lipinski definition) is 2. The first kappa shape index (κ1) is 19.6. The van der Waals surface area contributed by atoms with Crippen LogP contribution in [0.25, 0.3) is 11.3 Å². The number of aryl methyl sites for hydroxylation is 1. The van der Waals surface area contributed by atoms with E-state index in [0.29, 0.717) is 11.6 Å². The summed E-state index contributed by atoms with van der Waals surface area (Å²) in [7, 11) is 0. The van der Waals surface area contributed by atoms with Crippen LogP contribution in [0, 0.1) is 18.8 Å². The molecule has 144 valence electrons. The molecule has 1 amide bonds. The fraction of sp³-hybridized carbons (Fsp3) is 0.478. The third-order valence-corrected chi connectivity index (χ3v) is 5.86. The zero-order valence-electron chi connectivity index (χ0n) is 16.7. The quantitative estimate of drug-likeness (QED) is 0.794. The highest BCUT2D eigenvalue weighted by Gasteiger charge is 2.22. The number of primary amides is 1. The standard InChI is InChI=1S/C23H31N3O/c1-15(2)18-7-9-21(10-8-18)25-13-17-11-16(3)22(26-14-17)19-5-4-6-20(12-19)23(24)27/h4-6,11-12,14-15,18,21,25H,7-10,13H2,1-3H3,(H2,24,27). The molecule has 1 aliphatic carbocycles. The second-order valence-corrected chi connectivity index (χ2v) is 8.19. The number of aromatic nitrogens is 1. The first-order valence-corrected chi connectivity index (χ1v) is 10.0. The van der Waals surface area contributed by atoms with Gasteiger partial charge in [-0.2, -0.15) is 0 Å². The Kier molecular flexibility index (Phi) is 6.27. The maximum atomic E-state index is 11.4. The van der Waals surface area contributed by atoms with E-state index in [1.165, 1.54) is 31.2 Å². The molecule has 27 heavy (non-hydrogen) atoms. The number of pyridine rings is 1. The predicted molar refractivity (Wildman–Crippen MR) is 110 cm³/mol. The summed E-state index contributed by atoms with van der Waals surface area (Å²) in [4.78, 5) is 16.1. The van der Waals surface area contributed by atoms with Crippen molar-refractivity contribution in [3.05, 3.63) is 53.2 Å². The second-order valence-electron chi connectivity index (χ2n) is 8.19. The summed E-state index contributed by atoms with van der Waals surface area (Å²) in [5.74, 6) is 1.28. The van der Waals surface area contributed by atoms with E-state index < -0.39 is 5.91 Å². The van der Waals surface area contributed by atoms with Gasteiger partial charge in [-0.15, -0.1) is 0 Å². The molecule has 0 saturated heterocycles. The first-order chi connectivity index (χ1) is 12.9. The number of nitrogens with two attached hydrogens (primary N) is 1. The average molecular weight is 366 g/mol. The molecule has 1 saturated carbocycles. The van der Waals surface area contributed by atoms with Crippen LogP contribution in [0.1, 0.15) is 61.0 Å². The number of benzene rings is 1. The maximum Gasteiger partial charge on any atom is 0.248 e. The van der Waals surface area contributed by atoms with Crippen LogP contribution >= 0.6 is 0 Å². The molecule has 3 rings (SSSR count). The van der Waals surface area contributed by atoms with Crippen LogP contribution in [-0.4, -0.2) is 16.9 Å². The number of rotatable bonds is 6. The highest BCUT2D eigenvalue weighted by atomic mass is 16.1. The Morgan fingerprint density at radius 3 is 2.59 bits per heavy atom. The summed E-state index contributed by atoms with van der Waals surface area (Å²) in [5.41, 5.74) is 10.0. The molecule has 0 unspecified atom stereocenters. The summed E-state index contributed by atoms with van der Waals surface area (Å²) < 4.78 is 0. The fourth-order valence-corrected chi connectivity index (χ4v) is 4.10. The van der Waals surface area contributed by atoms with Crippen molar-refractivity contribution in [1.29, 1.82) is 0 Å². The van der Waals surface area contributed by atoms with E-state index in [-0.39, 0.29) is 0 Å². The summed E-state index contributed by atoms with van der Waals surface area (Å²) in [6, 6.07) is 10.2. The van der Waals surface area contributed by atoms with Gasteiger partial charge in [0.2, 0.25) is 5.91 Å². The normalized spacial score (nSPS) is 20.0. The van der Waals surface area contributed by atoms with Gasteiger partial charge < -0.3 is 11.1 Å². The van der Waals surface area contributed by atoms with Gasteiger partial charge in [-0.25, -0.2) is 0 Å². The van der Waals surface area contributed by atoms with Gasteiger partial charge in [-0.1, -0.05) is 32.0 Å². The topological polar surface area (TPSA) is 68.0 Å². The van der Waals surface area contributed by atoms with Gasteiger partial charge in [0, 0.05) is 29.9 Å². The van der Waals surface area contributed by atoms with Crippen molar-refractivity contribution < 1.29 is 4.79 Å². The molecule has 0 aliphatic heterocycles. The predicted octanol–water partition coefficient (Wildman–Crippen LogP) is 4.46. The molecule has 4 heteroatoms. The van der Waals surface area contributed by atoms with E-state index >= 15 is 0 Å². The smallest absolute Gasteiger partial charge is 0.248 e. The van der Waals surface area contributed by atoms with Crippen LogP contribution in [-0.2, 0) is 6.54 Å². The van der Waals surface area contributed by atoms with Gasteiger partial charge in [-0.05, 0) is 67.7 Å². The number of hydrogen-bond acceptors (Lipinski definition) is 3. The average Bonchev–Trinajstić information content (AvgIpc) is 2.67. The Balaban J connectivity index is 1.62. The lowest BCUT2D eigenvalue weighted by Gasteiger charge is -2.31. The van der Waals surface area contributed by atoms with Crippen LogP contribution in [0.2, 0.25) is 0 Å². The van der Waals surface area contributed by atoms with E-state index in [1.807, 2.05) is 24.4 Å². The summed E-state index contributed by atoms with van der Waals surface area (Å²) in [6.07, 6.45) is 7.15. The number of amides is 1. The molecular formula is C23H31N3O. The monoisotopic (exact) mass is 365 g/mol. The molecule has 0 atom stereocenters. The Hall–Kier alpha value is -2.20. The minimum Gasteiger partial charge on any atom is -0.366 e. The number of carbonyl (C=O) groups is 1. The molecule has 1 aromatic carbocycles. The van der Waals surface area contributed by atoms with E-state index in [9.17, 15) is 4.79 Å². The van der Waals surface area contributed by atoms with Gasteiger partial charge >= 0.3 is 0 Å². The molecule has 1 aliphatic rings. The lowest BCUT2D eigenvalue weighted by molar-refractivity contribution is 0.100. The zero-order valence-corrected chi connectivity index (χ0v) is 16.7. The van der Waals surface area contributed by atoms with Crippen LogP contribution in [0.3, 0.4) is 0 Å². The van der Waals surface area contributed by atoms with Crippen LogP contribution in [0.15, 0.2) is 36.5 Å². The van der Waals surface area contributed by atoms with Crippen LogP contribution < -0.4 is 11.1 Å². The largest absolute Gasteiger partial charge is 0.366 e. The Morgan fingerprint density at radius 2 is 1.96 bits per heavy atom. The number of nitrogens with one attached hydrogen (secondary N) is 1. The van der Waals surface area contributed by atoms with Crippen LogP contribution in [0.5, 0.6) is 0 Å². The van der Waals surface area contributed by atoms with Crippen molar-refractivity contribution in [2.45, 2.75) is 59.0 Å². The van der Waals surface area contributed by atoms with Crippen molar-refractivity contribution in [1.82, 2.24) is 10.3 Å². The lowest BCUT2D eigenvalue weighted by atomic mass is 9.80. The van der Waals surface area contributed by atoms with Gasteiger partial charge in [0.1, 0.15) is 0 Å². The molecule has 1 fully saturated rings. The molecular weight excluding hydrogens is 334 g/mol. The third-order valence-electron chi connectivity index (χ3n) is 5.86.